The lowest BCUT2D eigenvalue weighted by atomic mass is 10.1. The largest absolute Gasteiger partial charge is 0.492 e. The van der Waals surface area contributed by atoms with E-state index in [1.54, 1.807) is 4.90 Å². The third-order valence-corrected chi connectivity index (χ3v) is 4.82. The van der Waals surface area contributed by atoms with Crippen LogP contribution in [-0.4, -0.2) is 29.2 Å². The quantitative estimate of drug-likeness (QED) is 0.708. The molecule has 1 fully saturated rings. The molecule has 2 heterocycles. The van der Waals surface area contributed by atoms with Crippen LogP contribution < -0.4 is 15.4 Å². The van der Waals surface area contributed by atoms with Gasteiger partial charge in [0.15, 0.2) is 0 Å². The molecule has 0 aliphatic carbocycles. The molecule has 0 saturated carbocycles. The molecular formula is C21H22N4O3. The summed E-state index contributed by atoms with van der Waals surface area (Å²) >= 11 is 0. The van der Waals surface area contributed by atoms with Gasteiger partial charge in [-0.05, 0) is 24.6 Å². The Labute approximate surface area is 163 Å². The maximum Gasteiger partial charge on any atom is 0.232 e. The number of nitrogens with zero attached hydrogens (tertiary/aromatic N) is 3. The second-order valence-corrected chi connectivity index (χ2v) is 6.66. The van der Waals surface area contributed by atoms with E-state index in [0.29, 0.717) is 43.6 Å². The van der Waals surface area contributed by atoms with Gasteiger partial charge in [-0.15, -0.1) is 0 Å². The number of anilines is 1. The zero-order valence-corrected chi connectivity index (χ0v) is 15.7. The molecule has 1 aromatic heterocycles. The molecule has 7 heteroatoms. The molecule has 7 nitrogen and oxygen atoms in total. The van der Waals surface area contributed by atoms with Crippen LogP contribution in [0.3, 0.4) is 0 Å². The average molecular weight is 378 g/mol. The highest BCUT2D eigenvalue weighted by molar-refractivity contribution is 5.97. The van der Waals surface area contributed by atoms with Crippen LogP contribution in [-0.2, 0) is 11.3 Å². The van der Waals surface area contributed by atoms with Gasteiger partial charge < -0.3 is 19.9 Å². The second kappa shape index (κ2) is 7.82. The molecule has 2 N–H and O–H groups in total. The molecule has 1 aliphatic rings. The molecule has 28 heavy (non-hydrogen) atoms. The second-order valence-electron chi connectivity index (χ2n) is 6.66. The van der Waals surface area contributed by atoms with Crippen molar-refractivity contribution in [2.24, 2.45) is 5.73 Å². The van der Waals surface area contributed by atoms with Gasteiger partial charge in [0.1, 0.15) is 5.75 Å². The van der Waals surface area contributed by atoms with Crippen molar-refractivity contribution in [1.29, 1.82) is 0 Å². The number of ether oxygens (including phenoxy) is 1. The Balaban J connectivity index is 1.54. The molecule has 4 rings (SSSR count). The molecule has 1 aliphatic heterocycles. The van der Waals surface area contributed by atoms with Crippen LogP contribution in [0.4, 0.5) is 5.69 Å². The zero-order valence-electron chi connectivity index (χ0n) is 15.7. The maximum atomic E-state index is 12.6. The molecule has 1 saturated heterocycles. The highest BCUT2D eigenvalue weighted by Gasteiger charge is 2.36. The van der Waals surface area contributed by atoms with E-state index in [9.17, 15) is 4.79 Å². The van der Waals surface area contributed by atoms with Gasteiger partial charge in [0.05, 0.1) is 18.2 Å². The molecule has 1 unspecified atom stereocenters. The summed E-state index contributed by atoms with van der Waals surface area (Å²) in [7, 11) is 0. The van der Waals surface area contributed by atoms with Crippen molar-refractivity contribution in [2.45, 2.75) is 25.8 Å². The summed E-state index contributed by atoms with van der Waals surface area (Å²) in [6.45, 7) is 3.43. The lowest BCUT2D eigenvalue weighted by Gasteiger charge is -2.19. The Morgan fingerprint density at radius 3 is 2.75 bits per heavy atom. The van der Waals surface area contributed by atoms with Crippen LogP contribution in [0.25, 0.3) is 11.4 Å². The van der Waals surface area contributed by atoms with Crippen molar-refractivity contribution < 1.29 is 14.1 Å². The Morgan fingerprint density at radius 2 is 2.00 bits per heavy atom. The van der Waals surface area contributed by atoms with Crippen LogP contribution in [0.5, 0.6) is 5.75 Å². The number of carbonyl (C=O) groups is 1. The van der Waals surface area contributed by atoms with Gasteiger partial charge in [0, 0.05) is 25.1 Å². The first-order valence-electron chi connectivity index (χ1n) is 9.34. The Bertz CT molecular complexity index is 968. The number of para-hydroxylation sites is 2. The number of nitrogens with two attached hydrogens (primary N) is 1. The van der Waals surface area contributed by atoms with E-state index in [1.807, 2.05) is 55.5 Å². The number of benzene rings is 2. The summed E-state index contributed by atoms with van der Waals surface area (Å²) < 4.78 is 11.1. The third kappa shape index (κ3) is 3.48. The van der Waals surface area contributed by atoms with E-state index >= 15 is 0 Å². The fourth-order valence-electron chi connectivity index (χ4n) is 3.37. The Kier molecular flexibility index (Phi) is 5.08. The summed E-state index contributed by atoms with van der Waals surface area (Å²) in [5.41, 5.74) is 8.30. The van der Waals surface area contributed by atoms with Gasteiger partial charge in [-0.3, -0.25) is 4.79 Å². The van der Waals surface area contributed by atoms with Gasteiger partial charge in [-0.25, -0.2) is 0 Å². The molecular weight excluding hydrogens is 356 g/mol. The number of hydrogen-bond acceptors (Lipinski definition) is 6. The fourth-order valence-corrected chi connectivity index (χ4v) is 3.37. The van der Waals surface area contributed by atoms with Crippen LogP contribution >= 0.6 is 0 Å². The molecule has 0 radical (unpaired) electrons. The number of hydrogen-bond donors (Lipinski definition) is 1. The van der Waals surface area contributed by atoms with Crippen LogP contribution in [0.15, 0.2) is 53.1 Å². The van der Waals surface area contributed by atoms with E-state index < -0.39 is 0 Å². The summed E-state index contributed by atoms with van der Waals surface area (Å²) in [6, 6.07) is 15.3. The van der Waals surface area contributed by atoms with Crippen molar-refractivity contribution in [3.8, 4) is 17.1 Å². The summed E-state index contributed by atoms with van der Waals surface area (Å²) in [5, 5.41) is 4.08. The first-order chi connectivity index (χ1) is 13.7. The number of carbonyl (C=O) groups excluding carboxylic acids is 1. The number of aromatic nitrogens is 2. The summed E-state index contributed by atoms with van der Waals surface area (Å²) in [6.07, 6.45) is 0.328. The zero-order chi connectivity index (χ0) is 19.5. The molecule has 1 atom stereocenters. The van der Waals surface area contributed by atoms with E-state index in [4.69, 9.17) is 15.0 Å². The number of rotatable bonds is 6. The lowest BCUT2D eigenvalue weighted by Crippen LogP contribution is -2.25. The van der Waals surface area contributed by atoms with Crippen molar-refractivity contribution in [3.05, 3.63) is 60.0 Å². The topological polar surface area (TPSA) is 94.5 Å². The smallest absolute Gasteiger partial charge is 0.232 e. The van der Waals surface area contributed by atoms with Crippen molar-refractivity contribution in [1.82, 2.24) is 10.1 Å². The highest BCUT2D eigenvalue weighted by atomic mass is 16.5. The molecule has 0 spiro atoms. The minimum atomic E-state index is -0.147. The third-order valence-electron chi connectivity index (χ3n) is 4.82. The fraction of sp³-hybridized carbons (Fsp3) is 0.286. The monoisotopic (exact) mass is 378 g/mol. The predicted octanol–water partition coefficient (Wildman–Crippen LogP) is 3.11. The van der Waals surface area contributed by atoms with Crippen molar-refractivity contribution in [2.75, 3.05) is 18.1 Å². The van der Waals surface area contributed by atoms with Gasteiger partial charge in [-0.2, -0.15) is 4.98 Å². The van der Waals surface area contributed by atoms with E-state index in [0.717, 1.165) is 16.8 Å². The first kappa shape index (κ1) is 18.2. The van der Waals surface area contributed by atoms with Gasteiger partial charge in [0.25, 0.3) is 0 Å². The van der Waals surface area contributed by atoms with E-state index in [-0.39, 0.29) is 11.8 Å². The summed E-state index contributed by atoms with van der Waals surface area (Å²) in [4.78, 5) is 18.9. The van der Waals surface area contributed by atoms with Crippen molar-refractivity contribution in [3.63, 3.8) is 0 Å². The minimum absolute atomic E-state index is 0.0178. The number of amides is 1. The minimum Gasteiger partial charge on any atom is -0.492 e. The predicted molar refractivity (Wildman–Crippen MR) is 105 cm³/mol. The Morgan fingerprint density at radius 1 is 1.21 bits per heavy atom. The van der Waals surface area contributed by atoms with Crippen LogP contribution in [0, 0.1) is 0 Å². The standard InChI is InChI=1S/C21H22N4O3/c1-2-27-18-6-4-3-5-17(18)25-13-16(11-19(25)26)21-23-20(24-28-21)15-9-7-14(12-22)8-10-15/h3-10,16H,2,11-13,22H2,1H3. The van der Waals surface area contributed by atoms with E-state index in [1.165, 1.54) is 0 Å². The normalized spacial score (nSPS) is 16.6. The Hall–Kier alpha value is -3.19. The van der Waals surface area contributed by atoms with E-state index in [2.05, 4.69) is 10.1 Å². The summed E-state index contributed by atoms with van der Waals surface area (Å²) in [5.74, 6) is 1.56. The molecule has 0 bridgehead atoms. The maximum absolute atomic E-state index is 12.6. The highest BCUT2D eigenvalue weighted by Crippen LogP contribution is 2.36. The molecule has 1 amide bonds. The SMILES string of the molecule is CCOc1ccccc1N1CC(c2nc(-c3ccc(CN)cc3)no2)CC1=O. The van der Waals surface area contributed by atoms with Gasteiger partial charge in [0.2, 0.25) is 17.6 Å². The van der Waals surface area contributed by atoms with Gasteiger partial charge >= 0.3 is 0 Å². The van der Waals surface area contributed by atoms with Gasteiger partial charge in [-0.1, -0.05) is 41.6 Å². The first-order valence-corrected chi connectivity index (χ1v) is 9.34. The van der Waals surface area contributed by atoms with Crippen LogP contribution in [0.1, 0.15) is 30.7 Å². The van der Waals surface area contributed by atoms with Crippen LogP contribution in [0.2, 0.25) is 0 Å². The molecule has 3 aromatic rings. The average Bonchev–Trinajstić information content (AvgIpc) is 3.36. The molecule has 2 aromatic carbocycles. The lowest BCUT2D eigenvalue weighted by molar-refractivity contribution is -0.117. The molecule has 144 valence electrons. The van der Waals surface area contributed by atoms with Crippen molar-refractivity contribution >= 4 is 11.6 Å².